The van der Waals surface area contributed by atoms with Crippen LogP contribution >= 0.6 is 0 Å². The fraction of sp³-hybridized carbons (Fsp3) is 0.318. The molecule has 0 spiro atoms. The van der Waals surface area contributed by atoms with E-state index in [4.69, 9.17) is 0 Å². The molecule has 1 heterocycles. The van der Waals surface area contributed by atoms with E-state index < -0.39 is 0 Å². The number of phenolic OH excluding ortho intramolecular Hbond substituents is 1. The van der Waals surface area contributed by atoms with Gasteiger partial charge in [-0.2, -0.15) is 0 Å². The average molecular weight is 350 g/mol. The highest BCUT2D eigenvalue weighted by Crippen LogP contribution is 2.25. The summed E-state index contributed by atoms with van der Waals surface area (Å²) >= 11 is 0. The first-order valence-corrected chi connectivity index (χ1v) is 9.12. The van der Waals surface area contributed by atoms with Crippen molar-refractivity contribution in [3.05, 3.63) is 65.7 Å². The molecule has 0 saturated heterocycles. The van der Waals surface area contributed by atoms with E-state index in [1.807, 2.05) is 30.3 Å². The summed E-state index contributed by atoms with van der Waals surface area (Å²) in [5, 5.41) is 12.5. The second-order valence-corrected chi connectivity index (χ2v) is 7.05. The maximum absolute atomic E-state index is 12.4. The summed E-state index contributed by atoms with van der Waals surface area (Å²) in [4.78, 5) is 14.6. The second-order valence-electron chi connectivity index (χ2n) is 7.05. The first kappa shape index (κ1) is 18.2. The van der Waals surface area contributed by atoms with Gasteiger partial charge in [0.15, 0.2) is 0 Å². The SMILES string of the molecule is CC(C)c1ccccc1NC(=O)CN1CC=C(c2ccc(O)cc2)CC1. The third kappa shape index (κ3) is 4.52. The number of nitrogens with zero attached hydrogens (tertiary/aromatic N) is 1. The van der Waals surface area contributed by atoms with Crippen molar-refractivity contribution >= 4 is 17.2 Å². The molecule has 3 rings (SSSR count). The maximum atomic E-state index is 12.4. The second kappa shape index (κ2) is 8.19. The number of carbonyl (C=O) groups excluding carboxylic acids is 1. The number of hydrogen-bond acceptors (Lipinski definition) is 3. The lowest BCUT2D eigenvalue weighted by atomic mass is 9.99. The highest BCUT2D eigenvalue weighted by Gasteiger charge is 2.17. The molecule has 0 fully saturated rings. The standard InChI is InChI=1S/C22H26N2O2/c1-16(2)20-5-3-4-6-21(20)23-22(26)15-24-13-11-18(12-14-24)17-7-9-19(25)10-8-17/h3-11,16,25H,12-15H2,1-2H3,(H,23,26). The molecule has 2 N–H and O–H groups in total. The fourth-order valence-corrected chi connectivity index (χ4v) is 3.30. The van der Waals surface area contributed by atoms with Gasteiger partial charge in [0.25, 0.3) is 0 Å². The summed E-state index contributed by atoms with van der Waals surface area (Å²) in [6, 6.07) is 15.3. The number of aromatic hydroxyl groups is 1. The number of amides is 1. The summed E-state index contributed by atoms with van der Waals surface area (Å²) < 4.78 is 0. The van der Waals surface area contributed by atoms with Crippen LogP contribution in [0.2, 0.25) is 0 Å². The average Bonchev–Trinajstić information content (AvgIpc) is 2.63. The molecule has 0 saturated carbocycles. The Morgan fingerprint density at radius 3 is 2.54 bits per heavy atom. The molecule has 2 aromatic carbocycles. The molecule has 0 radical (unpaired) electrons. The smallest absolute Gasteiger partial charge is 0.238 e. The van der Waals surface area contributed by atoms with Crippen LogP contribution in [0.25, 0.3) is 5.57 Å². The number of rotatable bonds is 5. The fourth-order valence-electron chi connectivity index (χ4n) is 3.30. The summed E-state index contributed by atoms with van der Waals surface area (Å²) in [6.07, 6.45) is 3.08. The predicted molar refractivity (Wildman–Crippen MR) is 106 cm³/mol. The number of benzene rings is 2. The minimum atomic E-state index is 0.0274. The Labute approximate surface area is 155 Å². The van der Waals surface area contributed by atoms with Gasteiger partial charge in [0.2, 0.25) is 5.91 Å². The first-order valence-electron chi connectivity index (χ1n) is 9.12. The Hall–Kier alpha value is -2.59. The van der Waals surface area contributed by atoms with Crippen molar-refractivity contribution < 1.29 is 9.90 Å². The van der Waals surface area contributed by atoms with Crippen molar-refractivity contribution in [3.63, 3.8) is 0 Å². The van der Waals surface area contributed by atoms with Crippen molar-refractivity contribution in [1.82, 2.24) is 4.90 Å². The third-order valence-electron chi connectivity index (χ3n) is 4.76. The van der Waals surface area contributed by atoms with Crippen molar-refractivity contribution in [3.8, 4) is 5.75 Å². The summed E-state index contributed by atoms with van der Waals surface area (Å²) in [5.41, 5.74) is 4.48. The molecule has 26 heavy (non-hydrogen) atoms. The number of anilines is 1. The molecule has 136 valence electrons. The van der Waals surface area contributed by atoms with Gasteiger partial charge in [-0.3, -0.25) is 9.69 Å². The largest absolute Gasteiger partial charge is 0.508 e. The Kier molecular flexibility index (Phi) is 5.74. The van der Waals surface area contributed by atoms with Crippen LogP contribution in [-0.2, 0) is 4.79 Å². The molecular formula is C22H26N2O2. The molecule has 0 bridgehead atoms. The van der Waals surface area contributed by atoms with E-state index >= 15 is 0 Å². The molecule has 1 amide bonds. The van der Waals surface area contributed by atoms with Crippen LogP contribution in [0.1, 0.15) is 37.3 Å². The normalized spacial score (nSPS) is 15.0. The minimum absolute atomic E-state index is 0.0274. The third-order valence-corrected chi connectivity index (χ3v) is 4.76. The van der Waals surface area contributed by atoms with Crippen molar-refractivity contribution in [1.29, 1.82) is 0 Å². The quantitative estimate of drug-likeness (QED) is 0.848. The van der Waals surface area contributed by atoms with Gasteiger partial charge in [0, 0.05) is 18.8 Å². The number of nitrogens with one attached hydrogen (secondary N) is 1. The summed E-state index contributed by atoms with van der Waals surface area (Å²) in [7, 11) is 0. The molecule has 0 aromatic heterocycles. The van der Waals surface area contributed by atoms with Crippen LogP contribution in [0.3, 0.4) is 0 Å². The molecule has 0 atom stereocenters. The number of para-hydroxylation sites is 1. The van der Waals surface area contributed by atoms with E-state index in [9.17, 15) is 9.90 Å². The Bertz CT molecular complexity index is 794. The van der Waals surface area contributed by atoms with Gasteiger partial charge in [-0.05, 0) is 47.2 Å². The lowest BCUT2D eigenvalue weighted by Gasteiger charge is -2.26. The maximum Gasteiger partial charge on any atom is 0.238 e. The van der Waals surface area contributed by atoms with Gasteiger partial charge in [-0.25, -0.2) is 0 Å². The molecule has 1 aliphatic heterocycles. The van der Waals surface area contributed by atoms with E-state index in [0.717, 1.165) is 36.3 Å². The van der Waals surface area contributed by atoms with E-state index in [1.54, 1.807) is 12.1 Å². The van der Waals surface area contributed by atoms with Gasteiger partial charge in [0.05, 0.1) is 6.54 Å². The molecule has 2 aromatic rings. The first-order chi connectivity index (χ1) is 12.5. The molecule has 4 heteroatoms. The van der Waals surface area contributed by atoms with Crippen molar-refractivity contribution in [2.45, 2.75) is 26.2 Å². The summed E-state index contributed by atoms with van der Waals surface area (Å²) in [6.45, 7) is 6.27. The van der Waals surface area contributed by atoms with Crippen LogP contribution in [-0.4, -0.2) is 35.5 Å². The zero-order valence-electron chi connectivity index (χ0n) is 15.4. The van der Waals surface area contributed by atoms with Gasteiger partial charge >= 0.3 is 0 Å². The van der Waals surface area contributed by atoms with Crippen LogP contribution in [0.15, 0.2) is 54.6 Å². The Morgan fingerprint density at radius 2 is 1.88 bits per heavy atom. The Morgan fingerprint density at radius 1 is 1.15 bits per heavy atom. The molecule has 1 aliphatic rings. The van der Waals surface area contributed by atoms with Crippen molar-refractivity contribution in [2.24, 2.45) is 0 Å². The lowest BCUT2D eigenvalue weighted by Crippen LogP contribution is -2.36. The van der Waals surface area contributed by atoms with E-state index in [1.165, 1.54) is 5.57 Å². The van der Waals surface area contributed by atoms with Crippen LogP contribution in [0.5, 0.6) is 5.75 Å². The minimum Gasteiger partial charge on any atom is -0.508 e. The molecular weight excluding hydrogens is 324 g/mol. The monoisotopic (exact) mass is 350 g/mol. The zero-order valence-corrected chi connectivity index (χ0v) is 15.4. The Balaban J connectivity index is 1.57. The van der Waals surface area contributed by atoms with E-state index in [-0.39, 0.29) is 11.7 Å². The van der Waals surface area contributed by atoms with Gasteiger partial charge in [-0.15, -0.1) is 0 Å². The zero-order chi connectivity index (χ0) is 18.5. The van der Waals surface area contributed by atoms with Crippen molar-refractivity contribution in [2.75, 3.05) is 25.0 Å². The topological polar surface area (TPSA) is 52.6 Å². The highest BCUT2D eigenvalue weighted by atomic mass is 16.3. The number of hydrogen-bond donors (Lipinski definition) is 2. The van der Waals surface area contributed by atoms with Crippen LogP contribution in [0, 0.1) is 0 Å². The molecule has 0 unspecified atom stereocenters. The van der Waals surface area contributed by atoms with Crippen LogP contribution in [0.4, 0.5) is 5.69 Å². The molecule has 4 nitrogen and oxygen atoms in total. The van der Waals surface area contributed by atoms with E-state index in [2.05, 4.69) is 36.2 Å². The van der Waals surface area contributed by atoms with Gasteiger partial charge in [-0.1, -0.05) is 50.3 Å². The van der Waals surface area contributed by atoms with Gasteiger partial charge < -0.3 is 10.4 Å². The predicted octanol–water partition coefficient (Wildman–Crippen LogP) is 4.24. The number of phenols is 1. The van der Waals surface area contributed by atoms with Crippen LogP contribution < -0.4 is 5.32 Å². The lowest BCUT2D eigenvalue weighted by molar-refractivity contribution is -0.117. The molecule has 0 aliphatic carbocycles. The summed E-state index contributed by atoms with van der Waals surface area (Å²) in [5.74, 6) is 0.682. The van der Waals surface area contributed by atoms with Gasteiger partial charge in [0.1, 0.15) is 5.75 Å². The van der Waals surface area contributed by atoms with E-state index in [0.29, 0.717) is 12.5 Å². The highest BCUT2D eigenvalue weighted by molar-refractivity contribution is 5.93. The number of carbonyl (C=O) groups is 1.